The Morgan fingerprint density at radius 3 is 2.48 bits per heavy atom. The van der Waals surface area contributed by atoms with E-state index in [0.29, 0.717) is 17.2 Å². The summed E-state index contributed by atoms with van der Waals surface area (Å²) in [6.45, 7) is 1.42. The van der Waals surface area contributed by atoms with Crippen LogP contribution in [0, 0.1) is 5.82 Å². The Morgan fingerprint density at radius 1 is 1.08 bits per heavy atom. The zero-order valence-electron chi connectivity index (χ0n) is 14.0. The van der Waals surface area contributed by atoms with E-state index in [9.17, 15) is 14.0 Å². The lowest BCUT2D eigenvalue weighted by molar-refractivity contribution is -0.123. The fraction of sp³-hybridized carbons (Fsp3) is 0.222. The van der Waals surface area contributed by atoms with Gasteiger partial charge in [0.05, 0.1) is 25.5 Å². The van der Waals surface area contributed by atoms with Crippen LogP contribution < -0.4 is 14.8 Å². The number of carbonyl (C=O) groups is 2. The molecule has 25 heavy (non-hydrogen) atoms. The normalized spacial score (nSPS) is 11.4. The number of nitrogens with one attached hydrogen (secondary N) is 1. The number of amides is 1. The molecule has 2 aromatic carbocycles. The monoisotopic (exact) mass is 347 g/mol. The number of hydrogen-bond acceptors (Lipinski definition) is 5. The first-order chi connectivity index (χ1) is 11.9. The van der Waals surface area contributed by atoms with Crippen LogP contribution in [0.25, 0.3) is 0 Å². The van der Waals surface area contributed by atoms with Crippen LogP contribution in [0.15, 0.2) is 42.5 Å². The molecule has 132 valence electrons. The van der Waals surface area contributed by atoms with Gasteiger partial charge in [-0.2, -0.15) is 0 Å². The smallest absolute Gasteiger partial charge is 0.339 e. The molecule has 0 aliphatic carbocycles. The highest BCUT2D eigenvalue weighted by Crippen LogP contribution is 2.29. The van der Waals surface area contributed by atoms with E-state index in [0.717, 1.165) is 6.07 Å². The fourth-order valence-corrected chi connectivity index (χ4v) is 2.04. The van der Waals surface area contributed by atoms with Gasteiger partial charge in [-0.15, -0.1) is 0 Å². The zero-order valence-corrected chi connectivity index (χ0v) is 14.0. The Balaban J connectivity index is 2.06. The van der Waals surface area contributed by atoms with Crippen LogP contribution in [0.5, 0.6) is 11.5 Å². The number of esters is 1. The molecule has 0 heterocycles. The van der Waals surface area contributed by atoms with Crippen LogP contribution in [0.4, 0.5) is 10.1 Å². The van der Waals surface area contributed by atoms with Crippen molar-refractivity contribution < 1.29 is 28.2 Å². The second-order valence-electron chi connectivity index (χ2n) is 5.11. The van der Waals surface area contributed by atoms with Gasteiger partial charge < -0.3 is 19.5 Å². The second-order valence-corrected chi connectivity index (χ2v) is 5.11. The summed E-state index contributed by atoms with van der Waals surface area (Å²) in [5.74, 6) is -0.956. The van der Waals surface area contributed by atoms with Crippen LogP contribution in [-0.4, -0.2) is 32.2 Å². The molecule has 0 bridgehead atoms. The highest BCUT2D eigenvalue weighted by atomic mass is 19.1. The predicted molar refractivity (Wildman–Crippen MR) is 89.5 cm³/mol. The molecule has 0 fully saturated rings. The molecule has 7 heteroatoms. The molecular weight excluding hydrogens is 329 g/mol. The van der Waals surface area contributed by atoms with Gasteiger partial charge in [0, 0.05) is 6.07 Å². The van der Waals surface area contributed by atoms with Gasteiger partial charge in [-0.1, -0.05) is 6.07 Å². The third-order valence-electron chi connectivity index (χ3n) is 3.38. The van der Waals surface area contributed by atoms with Crippen LogP contribution in [0.3, 0.4) is 0 Å². The minimum Gasteiger partial charge on any atom is -0.497 e. The zero-order chi connectivity index (χ0) is 18.4. The van der Waals surface area contributed by atoms with Crippen molar-refractivity contribution in [3.05, 3.63) is 53.8 Å². The minimum atomic E-state index is -1.09. The van der Waals surface area contributed by atoms with Crippen molar-refractivity contribution in [1.82, 2.24) is 0 Å². The molecule has 1 atom stereocenters. The quantitative estimate of drug-likeness (QED) is 0.813. The predicted octanol–water partition coefficient (Wildman–Crippen LogP) is 3.03. The van der Waals surface area contributed by atoms with E-state index in [4.69, 9.17) is 14.2 Å². The number of hydrogen-bond donors (Lipinski definition) is 1. The maximum Gasteiger partial charge on any atom is 0.339 e. The van der Waals surface area contributed by atoms with Crippen molar-refractivity contribution in [1.29, 1.82) is 0 Å². The van der Waals surface area contributed by atoms with Gasteiger partial charge in [-0.05, 0) is 37.3 Å². The van der Waals surface area contributed by atoms with Crippen molar-refractivity contribution in [3.63, 3.8) is 0 Å². The molecule has 1 N–H and O–H groups in total. The van der Waals surface area contributed by atoms with Gasteiger partial charge in [0.1, 0.15) is 17.3 Å². The van der Waals surface area contributed by atoms with Gasteiger partial charge in [0.25, 0.3) is 5.91 Å². The van der Waals surface area contributed by atoms with Crippen molar-refractivity contribution in [2.75, 3.05) is 19.5 Å². The summed E-state index contributed by atoms with van der Waals surface area (Å²) >= 11 is 0. The topological polar surface area (TPSA) is 73.9 Å². The third-order valence-corrected chi connectivity index (χ3v) is 3.38. The molecule has 2 rings (SSSR count). The molecule has 0 saturated heterocycles. The number of carbonyl (C=O) groups excluding carboxylic acids is 2. The number of methoxy groups -OCH3 is 2. The number of rotatable bonds is 6. The number of halogens is 1. The number of anilines is 1. The van der Waals surface area contributed by atoms with Crippen LogP contribution in [0.1, 0.15) is 17.3 Å². The number of ether oxygens (including phenoxy) is 3. The average Bonchev–Trinajstić information content (AvgIpc) is 2.61. The van der Waals surface area contributed by atoms with E-state index in [1.165, 1.54) is 39.3 Å². The first-order valence-electron chi connectivity index (χ1n) is 7.44. The van der Waals surface area contributed by atoms with E-state index in [1.54, 1.807) is 18.2 Å². The summed E-state index contributed by atoms with van der Waals surface area (Å²) in [6.07, 6.45) is -1.09. The maximum atomic E-state index is 13.2. The van der Waals surface area contributed by atoms with Crippen LogP contribution in [0.2, 0.25) is 0 Å². The highest BCUT2D eigenvalue weighted by molar-refractivity contribution is 5.98. The Bertz CT molecular complexity index is 778. The van der Waals surface area contributed by atoms with Crippen molar-refractivity contribution >= 4 is 17.6 Å². The first-order valence-corrected chi connectivity index (χ1v) is 7.44. The molecule has 0 aromatic heterocycles. The Hall–Kier alpha value is -3.09. The molecule has 0 unspecified atom stereocenters. The summed E-state index contributed by atoms with van der Waals surface area (Å²) in [5, 5.41) is 2.61. The van der Waals surface area contributed by atoms with E-state index < -0.39 is 23.8 Å². The van der Waals surface area contributed by atoms with Gasteiger partial charge in [0.15, 0.2) is 6.10 Å². The van der Waals surface area contributed by atoms with Gasteiger partial charge >= 0.3 is 5.97 Å². The summed E-state index contributed by atoms with van der Waals surface area (Å²) in [6, 6.07) is 9.94. The molecule has 0 radical (unpaired) electrons. The van der Waals surface area contributed by atoms with E-state index in [-0.39, 0.29) is 5.56 Å². The standard InChI is InChI=1S/C18H18FNO5/c1-11(25-18(22)12-5-4-6-13(19)9-12)17(21)20-15-10-14(23-2)7-8-16(15)24-3/h4-11H,1-3H3,(H,20,21)/t11-/m0/s1. The molecule has 6 nitrogen and oxygen atoms in total. The molecule has 0 spiro atoms. The van der Waals surface area contributed by atoms with Crippen molar-refractivity contribution in [3.8, 4) is 11.5 Å². The van der Waals surface area contributed by atoms with Crippen molar-refractivity contribution in [2.24, 2.45) is 0 Å². The summed E-state index contributed by atoms with van der Waals surface area (Å²) in [5.41, 5.74) is 0.402. The van der Waals surface area contributed by atoms with Crippen LogP contribution >= 0.6 is 0 Å². The lowest BCUT2D eigenvalue weighted by atomic mass is 10.2. The molecule has 0 aliphatic rings. The maximum absolute atomic E-state index is 13.2. The van der Waals surface area contributed by atoms with E-state index >= 15 is 0 Å². The van der Waals surface area contributed by atoms with Gasteiger partial charge in [0.2, 0.25) is 0 Å². The number of benzene rings is 2. The molecule has 2 aromatic rings. The van der Waals surface area contributed by atoms with Crippen molar-refractivity contribution in [2.45, 2.75) is 13.0 Å². The summed E-state index contributed by atoms with van der Waals surface area (Å²) < 4.78 is 28.5. The molecule has 1 amide bonds. The lowest BCUT2D eigenvalue weighted by Gasteiger charge is -2.16. The summed E-state index contributed by atoms with van der Waals surface area (Å²) in [7, 11) is 2.96. The lowest BCUT2D eigenvalue weighted by Crippen LogP contribution is -2.30. The molecule has 0 saturated carbocycles. The SMILES string of the molecule is COc1ccc(OC)c(NC(=O)[C@H](C)OC(=O)c2cccc(F)c2)c1. The Labute approximate surface area is 144 Å². The molecular formula is C18H18FNO5. The van der Waals surface area contributed by atoms with Crippen LogP contribution in [-0.2, 0) is 9.53 Å². The third kappa shape index (κ3) is 4.69. The van der Waals surface area contributed by atoms with E-state index in [2.05, 4.69) is 5.32 Å². The largest absolute Gasteiger partial charge is 0.497 e. The Morgan fingerprint density at radius 2 is 1.84 bits per heavy atom. The summed E-state index contributed by atoms with van der Waals surface area (Å²) in [4.78, 5) is 24.2. The molecule has 0 aliphatic heterocycles. The second kappa shape index (κ2) is 8.14. The van der Waals surface area contributed by atoms with Gasteiger partial charge in [-0.25, -0.2) is 9.18 Å². The van der Waals surface area contributed by atoms with Gasteiger partial charge in [-0.3, -0.25) is 4.79 Å². The average molecular weight is 347 g/mol. The minimum absolute atomic E-state index is 0.0265. The van der Waals surface area contributed by atoms with E-state index in [1.807, 2.05) is 0 Å². The fourth-order valence-electron chi connectivity index (χ4n) is 2.04. The highest BCUT2D eigenvalue weighted by Gasteiger charge is 2.20. The Kier molecular flexibility index (Phi) is 5.94. The first kappa shape index (κ1) is 18.3.